The highest BCUT2D eigenvalue weighted by molar-refractivity contribution is 5.13. The maximum absolute atomic E-state index is 9.33. The third kappa shape index (κ3) is 2.69. The summed E-state index contributed by atoms with van der Waals surface area (Å²) in [6, 6.07) is 3.71. The second-order valence-electron chi connectivity index (χ2n) is 6.06. The lowest BCUT2D eigenvalue weighted by Crippen LogP contribution is -2.49. The van der Waals surface area contributed by atoms with Gasteiger partial charge in [0, 0.05) is 18.6 Å². The van der Waals surface area contributed by atoms with E-state index in [0.29, 0.717) is 12.1 Å². The number of rotatable bonds is 3. The first kappa shape index (κ1) is 13.8. The molecule has 3 atom stereocenters. The van der Waals surface area contributed by atoms with Gasteiger partial charge in [0.1, 0.15) is 5.54 Å². The van der Waals surface area contributed by atoms with E-state index >= 15 is 0 Å². The van der Waals surface area contributed by atoms with Crippen molar-refractivity contribution in [3.63, 3.8) is 0 Å². The van der Waals surface area contributed by atoms with Gasteiger partial charge in [0.15, 0.2) is 0 Å². The van der Waals surface area contributed by atoms with Crippen molar-refractivity contribution in [2.24, 2.45) is 0 Å². The Morgan fingerprint density at radius 2 is 2.17 bits per heavy atom. The molecule has 1 saturated heterocycles. The Labute approximate surface area is 111 Å². The molecule has 1 aliphatic heterocycles. The average Bonchev–Trinajstić information content (AvgIpc) is 2.83. The Morgan fingerprint density at radius 3 is 2.72 bits per heavy atom. The zero-order valence-corrected chi connectivity index (χ0v) is 11.9. The predicted molar refractivity (Wildman–Crippen MR) is 73.3 cm³/mol. The van der Waals surface area contributed by atoms with Crippen molar-refractivity contribution in [1.29, 1.82) is 5.26 Å². The molecule has 1 N–H and O–H groups in total. The van der Waals surface area contributed by atoms with Crippen LogP contribution < -0.4 is 5.32 Å². The van der Waals surface area contributed by atoms with E-state index in [4.69, 9.17) is 0 Å². The summed E-state index contributed by atoms with van der Waals surface area (Å²) >= 11 is 0. The summed E-state index contributed by atoms with van der Waals surface area (Å²) in [5.41, 5.74) is -0.278. The molecular formula is C14H26N4. The molecule has 102 valence electrons. The number of nitrogens with zero attached hydrogens (tertiary/aromatic N) is 3. The smallest absolute Gasteiger partial charge is 0.108 e. The third-order valence-corrected chi connectivity index (χ3v) is 4.93. The molecule has 4 heteroatoms. The zero-order valence-electron chi connectivity index (χ0n) is 11.9. The molecule has 1 saturated carbocycles. The average molecular weight is 250 g/mol. The Kier molecular flexibility index (Phi) is 4.26. The van der Waals surface area contributed by atoms with Crippen molar-refractivity contribution < 1.29 is 0 Å². The Morgan fingerprint density at radius 1 is 1.39 bits per heavy atom. The Balaban J connectivity index is 1.95. The van der Waals surface area contributed by atoms with E-state index in [1.54, 1.807) is 0 Å². The van der Waals surface area contributed by atoms with E-state index in [-0.39, 0.29) is 5.54 Å². The second-order valence-corrected chi connectivity index (χ2v) is 6.06. The predicted octanol–water partition coefficient (Wildman–Crippen LogP) is 1.05. The van der Waals surface area contributed by atoms with Gasteiger partial charge in [-0.2, -0.15) is 5.26 Å². The molecule has 1 heterocycles. The van der Waals surface area contributed by atoms with Gasteiger partial charge in [-0.05, 0) is 59.8 Å². The SMILES string of the molecule is CNC1(C#N)CCC(N(C)C2CCCN(C)C2)C1. The largest absolute Gasteiger partial charge is 0.305 e. The Bertz CT molecular complexity index is 324. The molecule has 0 spiro atoms. The van der Waals surface area contributed by atoms with Crippen molar-refractivity contribution >= 4 is 0 Å². The monoisotopic (exact) mass is 250 g/mol. The van der Waals surface area contributed by atoms with Gasteiger partial charge in [-0.15, -0.1) is 0 Å². The summed E-state index contributed by atoms with van der Waals surface area (Å²) in [7, 11) is 6.37. The number of nitriles is 1. The molecule has 0 aromatic rings. The van der Waals surface area contributed by atoms with Crippen LogP contribution in [0.4, 0.5) is 0 Å². The van der Waals surface area contributed by atoms with E-state index in [1.165, 1.54) is 25.9 Å². The van der Waals surface area contributed by atoms with Crippen LogP contribution in [-0.2, 0) is 0 Å². The lowest BCUT2D eigenvalue weighted by molar-refractivity contribution is 0.0984. The molecule has 3 unspecified atom stereocenters. The summed E-state index contributed by atoms with van der Waals surface area (Å²) in [6.07, 6.45) is 5.70. The van der Waals surface area contributed by atoms with Gasteiger partial charge in [-0.3, -0.25) is 4.90 Å². The van der Waals surface area contributed by atoms with Gasteiger partial charge in [0.05, 0.1) is 6.07 Å². The molecule has 2 aliphatic rings. The molecule has 2 fully saturated rings. The van der Waals surface area contributed by atoms with Crippen molar-refractivity contribution in [3.05, 3.63) is 0 Å². The second kappa shape index (κ2) is 5.56. The minimum absolute atomic E-state index is 0.278. The maximum atomic E-state index is 9.33. The zero-order chi connectivity index (χ0) is 13.2. The van der Waals surface area contributed by atoms with Crippen LogP contribution in [0.5, 0.6) is 0 Å². The number of likely N-dealkylation sites (N-methyl/N-ethyl adjacent to an activating group) is 2. The van der Waals surface area contributed by atoms with E-state index in [1.807, 2.05) is 7.05 Å². The van der Waals surface area contributed by atoms with E-state index in [0.717, 1.165) is 19.3 Å². The Hall–Kier alpha value is -0.630. The molecule has 0 bridgehead atoms. The highest BCUT2D eigenvalue weighted by atomic mass is 15.2. The number of hydrogen-bond donors (Lipinski definition) is 1. The van der Waals surface area contributed by atoms with Crippen molar-refractivity contribution in [1.82, 2.24) is 15.1 Å². The molecule has 2 rings (SSSR count). The van der Waals surface area contributed by atoms with E-state index in [9.17, 15) is 5.26 Å². The number of likely N-dealkylation sites (tertiary alicyclic amines) is 1. The molecule has 0 amide bonds. The minimum atomic E-state index is -0.278. The van der Waals surface area contributed by atoms with Crippen LogP contribution in [0, 0.1) is 11.3 Å². The number of hydrogen-bond acceptors (Lipinski definition) is 4. The van der Waals surface area contributed by atoms with E-state index < -0.39 is 0 Å². The van der Waals surface area contributed by atoms with Crippen molar-refractivity contribution in [3.8, 4) is 6.07 Å². The fraction of sp³-hybridized carbons (Fsp3) is 0.929. The molecule has 0 aromatic carbocycles. The standard InChI is InChI=1S/C14H26N4/c1-16-14(11-15)7-6-12(9-14)18(3)13-5-4-8-17(2)10-13/h12-13,16H,4-10H2,1-3H3. The summed E-state index contributed by atoms with van der Waals surface area (Å²) in [4.78, 5) is 4.96. The highest BCUT2D eigenvalue weighted by Crippen LogP contribution is 2.33. The molecule has 0 aromatic heterocycles. The molecular weight excluding hydrogens is 224 g/mol. The summed E-state index contributed by atoms with van der Waals surface area (Å²) in [6.45, 7) is 2.40. The quantitative estimate of drug-likeness (QED) is 0.813. The van der Waals surface area contributed by atoms with Crippen molar-refractivity contribution in [2.45, 2.75) is 49.7 Å². The fourth-order valence-corrected chi connectivity index (χ4v) is 3.52. The minimum Gasteiger partial charge on any atom is -0.305 e. The van der Waals surface area contributed by atoms with Crippen LogP contribution in [0.25, 0.3) is 0 Å². The van der Waals surface area contributed by atoms with Gasteiger partial charge >= 0.3 is 0 Å². The van der Waals surface area contributed by atoms with Crippen LogP contribution in [0.3, 0.4) is 0 Å². The van der Waals surface area contributed by atoms with Gasteiger partial charge in [0.2, 0.25) is 0 Å². The van der Waals surface area contributed by atoms with Crippen molar-refractivity contribution in [2.75, 3.05) is 34.2 Å². The van der Waals surface area contributed by atoms with Gasteiger partial charge in [-0.25, -0.2) is 0 Å². The van der Waals surface area contributed by atoms with Crippen LogP contribution in [0.15, 0.2) is 0 Å². The lowest BCUT2D eigenvalue weighted by Gasteiger charge is -2.39. The van der Waals surface area contributed by atoms with Crippen LogP contribution in [0.2, 0.25) is 0 Å². The number of piperidine rings is 1. The van der Waals surface area contributed by atoms with Crippen LogP contribution >= 0.6 is 0 Å². The normalized spacial score (nSPS) is 37.9. The van der Waals surface area contributed by atoms with Gasteiger partial charge < -0.3 is 10.2 Å². The molecule has 1 aliphatic carbocycles. The van der Waals surface area contributed by atoms with Crippen LogP contribution in [-0.4, -0.2) is 61.7 Å². The summed E-state index contributed by atoms with van der Waals surface area (Å²) in [5.74, 6) is 0. The summed E-state index contributed by atoms with van der Waals surface area (Å²) in [5, 5.41) is 12.6. The third-order valence-electron chi connectivity index (χ3n) is 4.93. The van der Waals surface area contributed by atoms with Crippen LogP contribution in [0.1, 0.15) is 32.1 Å². The number of nitrogens with one attached hydrogen (secondary N) is 1. The highest BCUT2D eigenvalue weighted by Gasteiger charge is 2.41. The first-order valence-electron chi connectivity index (χ1n) is 7.11. The molecule has 0 radical (unpaired) electrons. The lowest BCUT2D eigenvalue weighted by atomic mass is 9.98. The summed E-state index contributed by atoms with van der Waals surface area (Å²) < 4.78 is 0. The van der Waals surface area contributed by atoms with E-state index in [2.05, 4.69) is 35.3 Å². The first-order chi connectivity index (χ1) is 8.60. The fourth-order valence-electron chi connectivity index (χ4n) is 3.52. The van der Waals surface area contributed by atoms with Gasteiger partial charge in [0.25, 0.3) is 0 Å². The molecule has 18 heavy (non-hydrogen) atoms. The topological polar surface area (TPSA) is 42.3 Å². The van der Waals surface area contributed by atoms with Gasteiger partial charge in [-0.1, -0.05) is 0 Å². The first-order valence-corrected chi connectivity index (χ1v) is 7.11. The maximum Gasteiger partial charge on any atom is 0.108 e. The molecule has 4 nitrogen and oxygen atoms in total.